The molecule has 0 aliphatic carbocycles. The second-order valence-corrected chi connectivity index (χ2v) is 6.30. The number of carbonyl (C=O) groups excluding carboxylic acids is 3. The highest BCUT2D eigenvalue weighted by Gasteiger charge is 2.25. The molecule has 1 aromatic heterocycles. The van der Waals surface area contributed by atoms with E-state index in [1.54, 1.807) is 54.6 Å². The Kier molecular flexibility index (Phi) is 4.70. The third-order valence-electron chi connectivity index (χ3n) is 4.47. The monoisotopic (exact) mass is 388 g/mol. The molecule has 2 aromatic carbocycles. The molecule has 4 rings (SSSR count). The Morgan fingerprint density at radius 2 is 1.76 bits per heavy atom. The van der Waals surface area contributed by atoms with Gasteiger partial charge in [-0.3, -0.25) is 19.7 Å². The molecule has 0 atom stereocenters. The van der Waals surface area contributed by atoms with Crippen LogP contribution in [0.15, 0.2) is 65.3 Å². The molecule has 7 nitrogen and oxygen atoms in total. The first-order valence-electron chi connectivity index (χ1n) is 8.76. The summed E-state index contributed by atoms with van der Waals surface area (Å²) in [4.78, 5) is 37.0. The Labute approximate surface area is 166 Å². The third-order valence-corrected chi connectivity index (χ3v) is 4.47. The largest absolute Gasteiger partial charge is 0.497 e. The van der Waals surface area contributed by atoms with Crippen molar-refractivity contribution in [3.8, 4) is 5.75 Å². The zero-order chi connectivity index (χ0) is 20.4. The normalized spacial score (nSPS) is 13.7. The van der Waals surface area contributed by atoms with Crippen LogP contribution in [0, 0.1) is 0 Å². The van der Waals surface area contributed by atoms with Crippen LogP contribution in [0.25, 0.3) is 11.6 Å². The van der Waals surface area contributed by atoms with Crippen molar-refractivity contribution in [2.75, 3.05) is 12.4 Å². The summed E-state index contributed by atoms with van der Waals surface area (Å²) < 4.78 is 10.3. The summed E-state index contributed by atoms with van der Waals surface area (Å²) in [5, 5.41) is 5.06. The molecule has 0 bridgehead atoms. The van der Waals surface area contributed by atoms with Crippen molar-refractivity contribution in [3.05, 3.63) is 83.3 Å². The van der Waals surface area contributed by atoms with Gasteiger partial charge >= 0.3 is 0 Å². The van der Waals surface area contributed by atoms with Crippen molar-refractivity contribution in [1.29, 1.82) is 0 Å². The average Bonchev–Trinajstić information content (AvgIpc) is 3.35. The van der Waals surface area contributed by atoms with Gasteiger partial charge in [0, 0.05) is 22.4 Å². The summed E-state index contributed by atoms with van der Waals surface area (Å²) in [6, 6.07) is 14.6. The molecule has 0 saturated carbocycles. The Bertz CT molecular complexity index is 1130. The summed E-state index contributed by atoms with van der Waals surface area (Å²) in [6.07, 6.45) is 3.15. The van der Waals surface area contributed by atoms with E-state index in [1.165, 1.54) is 19.4 Å². The van der Waals surface area contributed by atoms with Crippen LogP contribution >= 0.6 is 0 Å². The molecule has 1 aliphatic heterocycles. The number of ether oxygens (including phenoxy) is 1. The lowest BCUT2D eigenvalue weighted by atomic mass is 10.0. The zero-order valence-corrected chi connectivity index (χ0v) is 15.4. The number of rotatable bonds is 4. The van der Waals surface area contributed by atoms with E-state index in [1.807, 2.05) is 0 Å². The molecule has 2 N–H and O–H groups in total. The van der Waals surface area contributed by atoms with Gasteiger partial charge in [-0.2, -0.15) is 0 Å². The molecule has 0 saturated heterocycles. The Balaban J connectivity index is 1.53. The van der Waals surface area contributed by atoms with Crippen molar-refractivity contribution in [1.82, 2.24) is 5.32 Å². The number of anilines is 1. The lowest BCUT2D eigenvalue weighted by Crippen LogP contribution is -2.30. The molecule has 0 radical (unpaired) electrons. The Morgan fingerprint density at radius 3 is 2.45 bits per heavy atom. The van der Waals surface area contributed by atoms with E-state index in [-0.39, 0.29) is 11.5 Å². The number of fused-ring (bicyclic) bond motifs is 1. The van der Waals surface area contributed by atoms with Crippen molar-refractivity contribution in [2.45, 2.75) is 0 Å². The zero-order valence-electron chi connectivity index (χ0n) is 15.4. The molecule has 3 amide bonds. The number of hydrogen-bond donors (Lipinski definition) is 2. The Morgan fingerprint density at radius 1 is 1.03 bits per heavy atom. The molecular weight excluding hydrogens is 372 g/mol. The van der Waals surface area contributed by atoms with Crippen LogP contribution in [-0.2, 0) is 4.79 Å². The number of nitrogens with one attached hydrogen (secondary N) is 2. The number of benzene rings is 2. The van der Waals surface area contributed by atoms with Gasteiger partial charge in [-0.1, -0.05) is 6.07 Å². The van der Waals surface area contributed by atoms with Crippen LogP contribution in [0.4, 0.5) is 5.69 Å². The van der Waals surface area contributed by atoms with E-state index >= 15 is 0 Å². The quantitative estimate of drug-likeness (QED) is 0.528. The van der Waals surface area contributed by atoms with E-state index in [0.717, 1.165) is 0 Å². The number of methoxy groups -OCH3 is 1. The second-order valence-electron chi connectivity index (χ2n) is 6.30. The maximum atomic E-state index is 12.5. The standard InChI is InChI=1S/C22H16N2O5/c1-28-15-7-4-13(5-8-15)20(25)24-21(26)14-6-9-17-18(12-16-3-2-10-29-16)22(27)23-19(17)11-14/h2-12H,1H3,(H,23,27)(H,24,25,26)/b18-12+. The van der Waals surface area contributed by atoms with Gasteiger partial charge in [0.25, 0.3) is 17.7 Å². The number of imide groups is 1. The van der Waals surface area contributed by atoms with Crippen LogP contribution in [0.3, 0.4) is 0 Å². The van der Waals surface area contributed by atoms with Crippen molar-refractivity contribution in [2.24, 2.45) is 0 Å². The van der Waals surface area contributed by atoms with Crippen LogP contribution in [0.5, 0.6) is 5.75 Å². The van der Waals surface area contributed by atoms with Gasteiger partial charge in [0.05, 0.1) is 18.9 Å². The lowest BCUT2D eigenvalue weighted by molar-refractivity contribution is -0.110. The van der Waals surface area contributed by atoms with Crippen molar-refractivity contribution >= 4 is 35.1 Å². The molecule has 3 aromatic rings. The molecule has 0 fully saturated rings. The number of carbonyl (C=O) groups is 3. The van der Waals surface area contributed by atoms with Gasteiger partial charge in [0.2, 0.25) is 0 Å². The molecule has 7 heteroatoms. The van der Waals surface area contributed by atoms with Crippen LogP contribution in [0.2, 0.25) is 0 Å². The number of furan rings is 1. The minimum atomic E-state index is -0.564. The van der Waals surface area contributed by atoms with Gasteiger partial charge < -0.3 is 14.5 Å². The summed E-state index contributed by atoms with van der Waals surface area (Å²) in [6.45, 7) is 0. The van der Waals surface area contributed by atoms with Gasteiger partial charge in [-0.05, 0) is 54.6 Å². The molecule has 0 spiro atoms. The summed E-state index contributed by atoms with van der Waals surface area (Å²) in [5.41, 5.74) is 2.18. The predicted molar refractivity (Wildman–Crippen MR) is 106 cm³/mol. The molecule has 29 heavy (non-hydrogen) atoms. The van der Waals surface area contributed by atoms with E-state index in [2.05, 4.69) is 10.6 Å². The fourth-order valence-electron chi connectivity index (χ4n) is 2.98. The van der Waals surface area contributed by atoms with E-state index in [4.69, 9.17) is 9.15 Å². The van der Waals surface area contributed by atoms with Crippen LogP contribution < -0.4 is 15.4 Å². The highest BCUT2D eigenvalue weighted by molar-refractivity contribution is 6.35. The fraction of sp³-hybridized carbons (Fsp3) is 0.0455. The first kappa shape index (κ1) is 18.2. The SMILES string of the molecule is COc1ccc(C(=O)NC(=O)c2ccc3c(c2)NC(=O)/C3=C/c2ccco2)cc1. The third kappa shape index (κ3) is 3.66. The highest BCUT2D eigenvalue weighted by Crippen LogP contribution is 2.33. The maximum absolute atomic E-state index is 12.5. The first-order valence-corrected chi connectivity index (χ1v) is 8.76. The smallest absolute Gasteiger partial charge is 0.258 e. The van der Waals surface area contributed by atoms with Crippen molar-refractivity contribution in [3.63, 3.8) is 0 Å². The maximum Gasteiger partial charge on any atom is 0.258 e. The topological polar surface area (TPSA) is 97.6 Å². The highest BCUT2D eigenvalue weighted by atomic mass is 16.5. The van der Waals surface area contributed by atoms with Crippen LogP contribution in [0.1, 0.15) is 32.0 Å². The minimum absolute atomic E-state index is 0.255. The molecular formula is C22H16N2O5. The molecule has 0 unspecified atom stereocenters. The summed E-state index contributed by atoms with van der Waals surface area (Å²) in [5.74, 6) is -0.217. The number of amides is 3. The van der Waals surface area contributed by atoms with Gasteiger partial charge in [0.15, 0.2) is 0 Å². The second kappa shape index (κ2) is 7.47. The average molecular weight is 388 g/mol. The summed E-state index contributed by atoms with van der Waals surface area (Å²) in [7, 11) is 1.53. The Hall–Kier alpha value is -4.13. The fourth-order valence-corrected chi connectivity index (χ4v) is 2.98. The van der Waals surface area contributed by atoms with Gasteiger partial charge in [-0.15, -0.1) is 0 Å². The summed E-state index contributed by atoms with van der Waals surface area (Å²) >= 11 is 0. The van der Waals surface area contributed by atoms with Gasteiger partial charge in [0.1, 0.15) is 11.5 Å². The van der Waals surface area contributed by atoms with Crippen molar-refractivity contribution < 1.29 is 23.5 Å². The van der Waals surface area contributed by atoms with E-state index in [9.17, 15) is 14.4 Å². The van der Waals surface area contributed by atoms with E-state index < -0.39 is 11.8 Å². The molecule has 1 aliphatic rings. The van der Waals surface area contributed by atoms with Crippen LogP contribution in [-0.4, -0.2) is 24.8 Å². The molecule has 2 heterocycles. The number of hydrogen-bond acceptors (Lipinski definition) is 5. The minimum Gasteiger partial charge on any atom is -0.497 e. The van der Waals surface area contributed by atoms with Gasteiger partial charge in [-0.25, -0.2) is 0 Å². The lowest BCUT2D eigenvalue weighted by Gasteiger charge is -2.07. The first-order chi connectivity index (χ1) is 14.0. The predicted octanol–water partition coefficient (Wildman–Crippen LogP) is 3.35. The molecule has 144 valence electrons. The van der Waals surface area contributed by atoms with E-state index in [0.29, 0.717) is 33.9 Å².